The predicted molar refractivity (Wildman–Crippen MR) is 109 cm³/mol. The van der Waals surface area contributed by atoms with Gasteiger partial charge in [-0.2, -0.15) is 0 Å². The minimum Gasteiger partial charge on any atom is -0.354 e. The summed E-state index contributed by atoms with van der Waals surface area (Å²) in [6, 6.07) is 12.1. The second-order valence-electron chi connectivity index (χ2n) is 8.25. The van der Waals surface area contributed by atoms with Crippen LogP contribution in [-0.4, -0.2) is 51.9 Å². The quantitative estimate of drug-likeness (QED) is 0.764. The van der Waals surface area contributed by atoms with Crippen molar-refractivity contribution in [2.24, 2.45) is 5.41 Å². The first-order chi connectivity index (χ1) is 13.7. The summed E-state index contributed by atoms with van der Waals surface area (Å²) in [5.74, 6) is 1.09. The Morgan fingerprint density at radius 2 is 1.93 bits per heavy atom. The van der Waals surface area contributed by atoms with Gasteiger partial charge in [0.05, 0.1) is 11.3 Å². The molecule has 1 aliphatic heterocycles. The number of fused-ring (bicyclic) bond motifs is 1. The second kappa shape index (κ2) is 6.62. The maximum Gasteiger partial charge on any atom is 0.229 e. The number of anilines is 1. The van der Waals surface area contributed by atoms with Crippen LogP contribution in [-0.2, 0) is 4.79 Å². The van der Waals surface area contributed by atoms with Crippen molar-refractivity contribution in [2.45, 2.75) is 25.7 Å². The van der Waals surface area contributed by atoms with Gasteiger partial charge in [-0.1, -0.05) is 30.3 Å². The molecule has 0 bridgehead atoms. The highest BCUT2D eigenvalue weighted by Gasteiger charge is 2.48. The maximum atomic E-state index is 13.3. The molecular formula is C22H25N5O. The van der Waals surface area contributed by atoms with E-state index in [9.17, 15) is 4.79 Å². The van der Waals surface area contributed by atoms with Crippen LogP contribution in [0.25, 0.3) is 11.0 Å². The number of nitrogens with zero attached hydrogens (tertiary/aromatic N) is 4. The SMILES string of the molecule is CC(C(=O)N1CCN(c2ncnc3[nH]ccc23)CC2(CC2)C1)c1ccccc1. The fourth-order valence-electron chi connectivity index (χ4n) is 4.39. The molecule has 144 valence electrons. The van der Waals surface area contributed by atoms with Gasteiger partial charge in [0.1, 0.15) is 17.8 Å². The summed E-state index contributed by atoms with van der Waals surface area (Å²) in [5, 5.41) is 1.05. The molecule has 1 atom stereocenters. The van der Waals surface area contributed by atoms with Crippen LogP contribution in [0.3, 0.4) is 0 Å². The number of H-pyrrole nitrogens is 1. The second-order valence-corrected chi connectivity index (χ2v) is 8.25. The molecule has 2 aromatic heterocycles. The van der Waals surface area contributed by atoms with Gasteiger partial charge in [0.2, 0.25) is 5.91 Å². The van der Waals surface area contributed by atoms with Crippen LogP contribution in [0.4, 0.5) is 5.82 Å². The molecule has 1 aromatic carbocycles. The van der Waals surface area contributed by atoms with E-state index < -0.39 is 0 Å². The number of carbonyl (C=O) groups excluding carboxylic acids is 1. The summed E-state index contributed by atoms with van der Waals surface area (Å²) in [6.45, 7) is 5.35. The van der Waals surface area contributed by atoms with E-state index in [0.29, 0.717) is 0 Å². The number of carbonyl (C=O) groups is 1. The number of hydrogen-bond donors (Lipinski definition) is 1. The van der Waals surface area contributed by atoms with Crippen molar-refractivity contribution in [1.29, 1.82) is 0 Å². The van der Waals surface area contributed by atoms with E-state index in [1.165, 1.54) is 12.8 Å². The Hall–Kier alpha value is -2.89. The normalized spacial score (nSPS) is 19.6. The number of benzene rings is 1. The minimum atomic E-state index is -0.112. The van der Waals surface area contributed by atoms with Crippen molar-refractivity contribution in [3.05, 3.63) is 54.5 Å². The summed E-state index contributed by atoms with van der Waals surface area (Å²) in [5.41, 5.74) is 2.16. The molecule has 1 unspecified atom stereocenters. The summed E-state index contributed by atoms with van der Waals surface area (Å²) in [4.78, 5) is 29.8. The predicted octanol–water partition coefficient (Wildman–Crippen LogP) is 3.19. The Balaban J connectivity index is 1.40. The first-order valence-corrected chi connectivity index (χ1v) is 10.0. The summed E-state index contributed by atoms with van der Waals surface area (Å²) < 4.78 is 0. The van der Waals surface area contributed by atoms with Crippen molar-refractivity contribution in [3.63, 3.8) is 0 Å². The number of aromatic amines is 1. The Morgan fingerprint density at radius 3 is 2.71 bits per heavy atom. The average molecular weight is 375 g/mol. The van der Waals surface area contributed by atoms with E-state index in [1.54, 1.807) is 6.33 Å². The van der Waals surface area contributed by atoms with E-state index in [0.717, 1.165) is 48.6 Å². The molecule has 1 spiro atoms. The van der Waals surface area contributed by atoms with Crippen LogP contribution in [0.5, 0.6) is 0 Å². The van der Waals surface area contributed by atoms with Crippen LogP contribution < -0.4 is 4.90 Å². The smallest absolute Gasteiger partial charge is 0.229 e. The van der Waals surface area contributed by atoms with Gasteiger partial charge < -0.3 is 14.8 Å². The van der Waals surface area contributed by atoms with Gasteiger partial charge in [0, 0.05) is 37.8 Å². The molecule has 1 N–H and O–H groups in total. The Kier molecular flexibility index (Phi) is 4.07. The first-order valence-electron chi connectivity index (χ1n) is 10.0. The molecule has 2 aliphatic rings. The zero-order chi connectivity index (χ0) is 19.1. The highest BCUT2D eigenvalue weighted by molar-refractivity contribution is 5.87. The summed E-state index contributed by atoms with van der Waals surface area (Å²) >= 11 is 0. The van der Waals surface area contributed by atoms with Crippen LogP contribution in [0, 0.1) is 5.41 Å². The number of amides is 1. The molecule has 3 heterocycles. The molecule has 1 saturated carbocycles. The number of hydrogen-bond acceptors (Lipinski definition) is 4. The third-order valence-electron chi connectivity index (χ3n) is 6.26. The lowest BCUT2D eigenvalue weighted by Crippen LogP contribution is -2.39. The van der Waals surface area contributed by atoms with E-state index in [2.05, 4.69) is 24.8 Å². The van der Waals surface area contributed by atoms with Crippen molar-refractivity contribution in [1.82, 2.24) is 19.9 Å². The Bertz CT molecular complexity index is 994. The van der Waals surface area contributed by atoms with Crippen LogP contribution >= 0.6 is 0 Å². The van der Waals surface area contributed by atoms with Crippen molar-refractivity contribution in [2.75, 3.05) is 31.1 Å². The van der Waals surface area contributed by atoms with Gasteiger partial charge in [0.15, 0.2) is 0 Å². The van der Waals surface area contributed by atoms with E-state index in [1.807, 2.05) is 49.5 Å². The van der Waals surface area contributed by atoms with Gasteiger partial charge in [-0.15, -0.1) is 0 Å². The standard InChI is InChI=1S/C22H25N5O/c1-16(17-5-3-2-4-6-17)21(28)27-12-11-26(13-22(14-27)8-9-22)20-18-7-10-23-19(18)24-15-25-20/h2-7,10,15-16H,8-9,11-14H2,1H3,(H,23,24,25). The fraction of sp³-hybridized carbons (Fsp3) is 0.409. The van der Waals surface area contributed by atoms with E-state index >= 15 is 0 Å². The van der Waals surface area contributed by atoms with Gasteiger partial charge in [-0.25, -0.2) is 9.97 Å². The third-order valence-corrected chi connectivity index (χ3v) is 6.26. The lowest BCUT2D eigenvalue weighted by molar-refractivity contribution is -0.132. The number of nitrogens with one attached hydrogen (secondary N) is 1. The van der Waals surface area contributed by atoms with Crippen LogP contribution in [0.15, 0.2) is 48.9 Å². The van der Waals surface area contributed by atoms with Gasteiger partial charge in [0.25, 0.3) is 0 Å². The number of aromatic nitrogens is 3. The van der Waals surface area contributed by atoms with Gasteiger partial charge in [-0.3, -0.25) is 4.79 Å². The molecule has 6 nitrogen and oxygen atoms in total. The minimum absolute atomic E-state index is 0.112. The Labute approximate surface area is 164 Å². The van der Waals surface area contributed by atoms with Crippen molar-refractivity contribution < 1.29 is 4.79 Å². The molecule has 28 heavy (non-hydrogen) atoms. The molecule has 6 heteroatoms. The molecule has 2 fully saturated rings. The highest BCUT2D eigenvalue weighted by Crippen LogP contribution is 2.48. The summed E-state index contributed by atoms with van der Waals surface area (Å²) in [7, 11) is 0. The van der Waals surface area contributed by atoms with Gasteiger partial charge >= 0.3 is 0 Å². The molecule has 3 aromatic rings. The molecule has 1 amide bonds. The van der Waals surface area contributed by atoms with E-state index in [-0.39, 0.29) is 17.2 Å². The maximum absolute atomic E-state index is 13.3. The molecule has 1 saturated heterocycles. The summed E-state index contributed by atoms with van der Waals surface area (Å²) in [6.07, 6.45) is 5.88. The lowest BCUT2D eigenvalue weighted by Gasteiger charge is -2.26. The largest absolute Gasteiger partial charge is 0.354 e. The number of rotatable bonds is 3. The molecule has 1 aliphatic carbocycles. The zero-order valence-corrected chi connectivity index (χ0v) is 16.1. The van der Waals surface area contributed by atoms with Gasteiger partial charge in [-0.05, 0) is 31.4 Å². The average Bonchev–Trinajstić information content (AvgIpc) is 3.37. The molecular weight excluding hydrogens is 350 g/mol. The Morgan fingerprint density at radius 1 is 1.11 bits per heavy atom. The van der Waals surface area contributed by atoms with Crippen LogP contribution in [0.1, 0.15) is 31.2 Å². The van der Waals surface area contributed by atoms with Crippen molar-refractivity contribution >= 4 is 22.8 Å². The molecule has 5 rings (SSSR count). The first kappa shape index (κ1) is 17.2. The highest BCUT2D eigenvalue weighted by atomic mass is 16.2. The zero-order valence-electron chi connectivity index (χ0n) is 16.1. The fourth-order valence-corrected chi connectivity index (χ4v) is 4.39. The van der Waals surface area contributed by atoms with Crippen molar-refractivity contribution in [3.8, 4) is 0 Å². The monoisotopic (exact) mass is 375 g/mol. The topological polar surface area (TPSA) is 65.1 Å². The lowest BCUT2D eigenvalue weighted by atomic mass is 9.98. The molecule has 0 radical (unpaired) electrons. The third kappa shape index (κ3) is 3.03. The van der Waals surface area contributed by atoms with E-state index in [4.69, 9.17) is 0 Å². The van der Waals surface area contributed by atoms with Crippen LogP contribution in [0.2, 0.25) is 0 Å².